The molecular formula is C8H11N3O3. The number of hydrogen-bond donors (Lipinski definition) is 2. The number of amides is 3. The average Bonchev–Trinajstić information content (AvgIpc) is 2.15. The van der Waals surface area contributed by atoms with Gasteiger partial charge >= 0.3 is 0 Å². The zero-order valence-electron chi connectivity index (χ0n) is 7.53. The maximum atomic E-state index is 11.3. The van der Waals surface area contributed by atoms with Crippen LogP contribution in [-0.2, 0) is 14.4 Å². The van der Waals surface area contributed by atoms with Crippen LogP contribution in [0.25, 0.3) is 0 Å². The first kappa shape index (κ1) is 9.14. The predicted molar refractivity (Wildman–Crippen MR) is 45.9 cm³/mol. The van der Waals surface area contributed by atoms with Crippen LogP contribution >= 0.6 is 0 Å². The van der Waals surface area contributed by atoms with Gasteiger partial charge in [-0.2, -0.15) is 0 Å². The summed E-state index contributed by atoms with van der Waals surface area (Å²) >= 11 is 0. The highest BCUT2D eigenvalue weighted by molar-refractivity contribution is 6.03. The van der Waals surface area contributed by atoms with Crippen LogP contribution < -0.4 is 11.1 Å². The van der Waals surface area contributed by atoms with Crippen molar-refractivity contribution in [1.82, 2.24) is 10.2 Å². The number of rotatable bonds is 1. The molecule has 2 aliphatic heterocycles. The molecule has 76 valence electrons. The van der Waals surface area contributed by atoms with E-state index in [0.29, 0.717) is 13.0 Å². The van der Waals surface area contributed by atoms with Crippen LogP contribution in [-0.4, -0.2) is 41.2 Å². The van der Waals surface area contributed by atoms with E-state index in [0.717, 1.165) is 0 Å². The summed E-state index contributed by atoms with van der Waals surface area (Å²) < 4.78 is 0. The fourth-order valence-electron chi connectivity index (χ4n) is 1.74. The van der Waals surface area contributed by atoms with Gasteiger partial charge in [0, 0.05) is 13.0 Å². The molecule has 0 aliphatic carbocycles. The minimum Gasteiger partial charge on any atom is -0.327 e. The van der Waals surface area contributed by atoms with Crippen molar-refractivity contribution < 1.29 is 14.4 Å². The van der Waals surface area contributed by atoms with Crippen LogP contribution in [0.3, 0.4) is 0 Å². The molecule has 0 aromatic carbocycles. The average molecular weight is 197 g/mol. The third-order valence-corrected chi connectivity index (χ3v) is 2.58. The molecule has 6 heteroatoms. The molecule has 14 heavy (non-hydrogen) atoms. The number of carbonyl (C=O) groups excluding carboxylic acids is 3. The minimum atomic E-state index is -0.500. The maximum absolute atomic E-state index is 11.3. The van der Waals surface area contributed by atoms with Gasteiger partial charge in [0.25, 0.3) is 0 Å². The molecule has 0 aromatic heterocycles. The minimum absolute atomic E-state index is 0.209. The Balaban J connectivity index is 2.02. The summed E-state index contributed by atoms with van der Waals surface area (Å²) in [7, 11) is 0. The summed E-state index contributed by atoms with van der Waals surface area (Å²) in [6, 6.07) is -0.972. The number of piperidine rings is 1. The number of β-lactam (4-membered cyclic amide) rings is 1. The van der Waals surface area contributed by atoms with Gasteiger partial charge in [-0.15, -0.1) is 0 Å². The molecular weight excluding hydrogens is 186 g/mol. The largest absolute Gasteiger partial charge is 0.327 e. The summed E-state index contributed by atoms with van der Waals surface area (Å²) in [5.74, 6) is -0.871. The summed E-state index contributed by atoms with van der Waals surface area (Å²) in [6.45, 7) is 0.408. The normalized spacial score (nSPS) is 32.6. The van der Waals surface area contributed by atoms with Gasteiger partial charge in [0.05, 0.1) is 0 Å². The summed E-state index contributed by atoms with van der Waals surface area (Å²) in [6.07, 6.45) is 0.693. The van der Waals surface area contributed by atoms with Crippen molar-refractivity contribution in [2.45, 2.75) is 24.9 Å². The molecule has 3 amide bonds. The third-order valence-electron chi connectivity index (χ3n) is 2.58. The summed E-state index contributed by atoms with van der Waals surface area (Å²) in [5.41, 5.74) is 5.40. The van der Waals surface area contributed by atoms with E-state index in [1.165, 1.54) is 4.90 Å². The molecule has 0 bridgehead atoms. The first-order valence-corrected chi connectivity index (χ1v) is 4.49. The van der Waals surface area contributed by atoms with Gasteiger partial charge in [0.1, 0.15) is 12.1 Å². The molecule has 0 spiro atoms. The van der Waals surface area contributed by atoms with Crippen LogP contribution in [0.5, 0.6) is 0 Å². The highest BCUT2D eigenvalue weighted by Gasteiger charge is 2.43. The van der Waals surface area contributed by atoms with Crippen LogP contribution in [0.4, 0.5) is 0 Å². The summed E-state index contributed by atoms with van der Waals surface area (Å²) in [4.78, 5) is 34.8. The van der Waals surface area contributed by atoms with E-state index in [2.05, 4.69) is 5.32 Å². The predicted octanol–water partition coefficient (Wildman–Crippen LogP) is -2.04. The van der Waals surface area contributed by atoms with Crippen molar-refractivity contribution >= 4 is 17.7 Å². The Labute approximate surface area is 80.4 Å². The van der Waals surface area contributed by atoms with Gasteiger partial charge in [-0.3, -0.25) is 19.7 Å². The fraction of sp³-hybridized carbons (Fsp3) is 0.625. The Hall–Kier alpha value is -1.43. The van der Waals surface area contributed by atoms with Gasteiger partial charge in [-0.05, 0) is 6.42 Å². The molecule has 2 unspecified atom stereocenters. The number of nitrogens with one attached hydrogen (secondary N) is 1. The van der Waals surface area contributed by atoms with Gasteiger partial charge < -0.3 is 10.6 Å². The highest BCUT2D eigenvalue weighted by Crippen LogP contribution is 2.19. The lowest BCUT2D eigenvalue weighted by molar-refractivity contribution is -0.154. The number of nitrogens with zero attached hydrogens (tertiary/aromatic N) is 1. The van der Waals surface area contributed by atoms with Crippen molar-refractivity contribution in [3.05, 3.63) is 0 Å². The number of hydrogen-bond acceptors (Lipinski definition) is 4. The van der Waals surface area contributed by atoms with E-state index in [1.54, 1.807) is 0 Å². The molecule has 0 saturated carbocycles. The van der Waals surface area contributed by atoms with Crippen LogP contribution in [0.15, 0.2) is 0 Å². The number of carbonyl (C=O) groups is 3. The topological polar surface area (TPSA) is 92.5 Å². The van der Waals surface area contributed by atoms with E-state index in [9.17, 15) is 14.4 Å². The number of nitrogens with two attached hydrogens (primary N) is 1. The zero-order chi connectivity index (χ0) is 10.3. The molecule has 3 N–H and O–H groups in total. The Morgan fingerprint density at radius 3 is 2.57 bits per heavy atom. The summed E-state index contributed by atoms with van der Waals surface area (Å²) in [5, 5.41) is 2.20. The fourth-order valence-corrected chi connectivity index (χ4v) is 1.74. The lowest BCUT2D eigenvalue weighted by Crippen LogP contribution is -2.68. The number of likely N-dealkylation sites (tertiary alicyclic amines) is 1. The second-order valence-electron chi connectivity index (χ2n) is 3.56. The van der Waals surface area contributed by atoms with Gasteiger partial charge in [-0.1, -0.05) is 0 Å². The van der Waals surface area contributed by atoms with E-state index >= 15 is 0 Å². The lowest BCUT2D eigenvalue weighted by Gasteiger charge is -2.42. The number of imide groups is 1. The molecule has 2 saturated heterocycles. The van der Waals surface area contributed by atoms with E-state index < -0.39 is 12.1 Å². The van der Waals surface area contributed by atoms with Crippen LogP contribution in [0, 0.1) is 0 Å². The molecule has 2 heterocycles. The monoisotopic (exact) mass is 197 g/mol. The van der Waals surface area contributed by atoms with Crippen LogP contribution in [0.1, 0.15) is 12.8 Å². The Morgan fingerprint density at radius 2 is 2.07 bits per heavy atom. The Bertz CT molecular complexity index is 315. The van der Waals surface area contributed by atoms with E-state index in [4.69, 9.17) is 5.73 Å². The van der Waals surface area contributed by atoms with E-state index in [-0.39, 0.29) is 24.1 Å². The van der Waals surface area contributed by atoms with Crippen molar-refractivity contribution in [2.75, 3.05) is 6.54 Å². The molecule has 0 aromatic rings. The van der Waals surface area contributed by atoms with Crippen LogP contribution in [0.2, 0.25) is 0 Å². The smallest absolute Gasteiger partial charge is 0.249 e. The van der Waals surface area contributed by atoms with Gasteiger partial charge in [-0.25, -0.2) is 0 Å². The van der Waals surface area contributed by atoms with Crippen molar-refractivity contribution in [1.29, 1.82) is 0 Å². The second-order valence-corrected chi connectivity index (χ2v) is 3.56. The third kappa shape index (κ3) is 1.27. The van der Waals surface area contributed by atoms with Crippen molar-refractivity contribution in [2.24, 2.45) is 5.73 Å². The molecule has 2 atom stereocenters. The maximum Gasteiger partial charge on any atom is 0.249 e. The van der Waals surface area contributed by atoms with Crippen molar-refractivity contribution in [3.63, 3.8) is 0 Å². The first-order valence-electron chi connectivity index (χ1n) is 4.49. The van der Waals surface area contributed by atoms with Crippen molar-refractivity contribution in [3.8, 4) is 0 Å². The Morgan fingerprint density at radius 1 is 1.36 bits per heavy atom. The highest BCUT2D eigenvalue weighted by atomic mass is 16.2. The van der Waals surface area contributed by atoms with Gasteiger partial charge in [0.2, 0.25) is 17.7 Å². The second kappa shape index (κ2) is 3.06. The standard InChI is InChI=1S/C8H11N3O3/c9-4-3-11(8(4)14)5-1-2-6(12)10-7(5)13/h4-5H,1-3,9H2,(H,10,12,13). The van der Waals surface area contributed by atoms with Gasteiger partial charge in [0.15, 0.2) is 0 Å². The van der Waals surface area contributed by atoms with E-state index in [1.807, 2.05) is 0 Å². The SMILES string of the molecule is NC1CN(C2CCC(=O)NC2=O)C1=O. The lowest BCUT2D eigenvalue weighted by atomic mass is 9.98. The quantitative estimate of drug-likeness (QED) is 0.374. The molecule has 0 radical (unpaired) electrons. The molecule has 2 aliphatic rings. The molecule has 2 fully saturated rings. The molecule has 2 rings (SSSR count). The Kier molecular flexibility index (Phi) is 1.99. The first-order chi connectivity index (χ1) is 6.59. The molecule has 6 nitrogen and oxygen atoms in total. The zero-order valence-corrected chi connectivity index (χ0v) is 7.53.